The van der Waals surface area contributed by atoms with E-state index < -0.39 is 12.0 Å². The van der Waals surface area contributed by atoms with Gasteiger partial charge in [0.1, 0.15) is 6.10 Å². The van der Waals surface area contributed by atoms with E-state index in [1.807, 2.05) is 0 Å². The number of nitrogens with one attached hydrogen (secondary N) is 1. The largest absolute Gasteiger partial charge is 0.466 e. The first-order chi connectivity index (χ1) is 13.9. The van der Waals surface area contributed by atoms with E-state index >= 15 is 0 Å². The lowest BCUT2D eigenvalue weighted by molar-refractivity contribution is -0.152. The fraction of sp³-hybridized carbons (Fsp3) is 0.591. The number of benzene rings is 1. The van der Waals surface area contributed by atoms with Crippen molar-refractivity contribution in [1.29, 1.82) is 0 Å². The summed E-state index contributed by atoms with van der Waals surface area (Å²) in [6, 6.07) is 6.39. The normalized spacial score (nSPS) is 19.8. The zero-order valence-corrected chi connectivity index (χ0v) is 17.9. The van der Waals surface area contributed by atoms with Crippen LogP contribution in [0.3, 0.4) is 0 Å². The molecule has 1 fully saturated rings. The topological polar surface area (TPSA) is 81.7 Å². The molecule has 1 amide bonds. The zero-order valence-electron chi connectivity index (χ0n) is 17.1. The number of carbonyl (C=O) groups is 3. The summed E-state index contributed by atoms with van der Waals surface area (Å²) in [4.78, 5) is 36.4. The van der Waals surface area contributed by atoms with Crippen LogP contribution >= 0.6 is 11.6 Å². The lowest BCUT2D eigenvalue weighted by atomic mass is 9.89. The minimum atomic E-state index is -0.619. The molecule has 1 N–H and O–H groups in total. The fourth-order valence-electron chi connectivity index (χ4n) is 3.46. The minimum absolute atomic E-state index is 0.00648. The Labute approximate surface area is 177 Å². The molecule has 0 heterocycles. The van der Waals surface area contributed by atoms with Gasteiger partial charge in [-0.25, -0.2) is 0 Å². The van der Waals surface area contributed by atoms with Crippen LogP contribution in [0.2, 0.25) is 5.02 Å². The van der Waals surface area contributed by atoms with Crippen molar-refractivity contribution in [3.63, 3.8) is 0 Å². The van der Waals surface area contributed by atoms with Crippen LogP contribution < -0.4 is 5.32 Å². The van der Waals surface area contributed by atoms with Crippen LogP contribution in [0, 0.1) is 5.92 Å². The lowest BCUT2D eigenvalue weighted by Crippen LogP contribution is -2.31. The molecule has 1 aliphatic rings. The van der Waals surface area contributed by atoms with Crippen LogP contribution in [0.1, 0.15) is 70.4 Å². The number of carbonyl (C=O) groups excluding carboxylic acids is 3. The molecule has 0 radical (unpaired) electrons. The summed E-state index contributed by atoms with van der Waals surface area (Å²) in [6.07, 6.45) is 3.81. The number of amides is 1. The highest BCUT2D eigenvalue weighted by molar-refractivity contribution is 6.31. The highest BCUT2D eigenvalue weighted by atomic mass is 35.5. The van der Waals surface area contributed by atoms with E-state index in [2.05, 4.69) is 12.2 Å². The maximum Gasteiger partial charge on any atom is 0.308 e. The molecular weight excluding hydrogens is 394 g/mol. The van der Waals surface area contributed by atoms with Gasteiger partial charge in [-0.2, -0.15) is 0 Å². The standard InChI is InChI=1S/C22H30ClNO5/c1-3-28-22(27)14-19(17-6-4-5-7-18(17)23)24-20(25)12-13-21(26)29-16-10-8-15(2)9-11-16/h4-7,15-16,19H,3,8-14H2,1-2H3,(H,24,25)/t15?,16?,19-/m1/s1. The van der Waals surface area contributed by atoms with E-state index in [1.165, 1.54) is 0 Å². The Morgan fingerprint density at radius 2 is 1.79 bits per heavy atom. The highest BCUT2D eigenvalue weighted by Crippen LogP contribution is 2.27. The Bertz CT molecular complexity index is 700. The maximum absolute atomic E-state index is 12.4. The number of hydrogen-bond acceptors (Lipinski definition) is 5. The predicted molar refractivity (Wildman–Crippen MR) is 110 cm³/mol. The van der Waals surface area contributed by atoms with Crippen LogP contribution in [0.4, 0.5) is 0 Å². The molecule has 0 bridgehead atoms. The third-order valence-corrected chi connectivity index (χ3v) is 5.45. The Morgan fingerprint density at radius 3 is 2.45 bits per heavy atom. The van der Waals surface area contributed by atoms with Gasteiger partial charge in [-0.05, 0) is 50.2 Å². The molecule has 1 aliphatic carbocycles. The molecule has 2 rings (SSSR count). The van der Waals surface area contributed by atoms with Gasteiger partial charge in [-0.3, -0.25) is 14.4 Å². The van der Waals surface area contributed by atoms with Gasteiger partial charge in [0.2, 0.25) is 5.91 Å². The summed E-state index contributed by atoms with van der Waals surface area (Å²) in [5, 5.41) is 3.25. The Balaban J connectivity index is 1.87. The van der Waals surface area contributed by atoms with Gasteiger partial charge in [-0.1, -0.05) is 36.7 Å². The molecule has 1 saturated carbocycles. The lowest BCUT2D eigenvalue weighted by Gasteiger charge is -2.26. The number of halogens is 1. The van der Waals surface area contributed by atoms with Gasteiger partial charge in [0, 0.05) is 11.4 Å². The van der Waals surface area contributed by atoms with E-state index in [1.54, 1.807) is 31.2 Å². The molecule has 0 aliphatic heterocycles. The Kier molecular flexibility index (Phi) is 9.45. The van der Waals surface area contributed by atoms with Crippen molar-refractivity contribution in [3.05, 3.63) is 34.9 Å². The number of esters is 2. The molecule has 1 aromatic carbocycles. The molecule has 6 nitrogen and oxygen atoms in total. The Morgan fingerprint density at radius 1 is 1.10 bits per heavy atom. The van der Waals surface area contributed by atoms with Crippen LogP contribution in [0.15, 0.2) is 24.3 Å². The van der Waals surface area contributed by atoms with Crippen LogP contribution in [-0.2, 0) is 23.9 Å². The van der Waals surface area contributed by atoms with Crippen molar-refractivity contribution >= 4 is 29.4 Å². The Hall–Kier alpha value is -2.08. The molecule has 1 atom stereocenters. The third kappa shape index (κ3) is 8.05. The van der Waals surface area contributed by atoms with E-state index in [9.17, 15) is 14.4 Å². The van der Waals surface area contributed by atoms with E-state index in [0.717, 1.165) is 25.7 Å². The van der Waals surface area contributed by atoms with E-state index in [-0.39, 0.29) is 43.8 Å². The quantitative estimate of drug-likeness (QED) is 0.597. The summed E-state index contributed by atoms with van der Waals surface area (Å²) in [7, 11) is 0. The first kappa shape index (κ1) is 23.2. The molecular formula is C22H30ClNO5. The van der Waals surface area contributed by atoms with Crippen molar-refractivity contribution in [2.45, 2.75) is 70.9 Å². The molecule has 0 spiro atoms. The smallest absolute Gasteiger partial charge is 0.308 e. The number of hydrogen-bond donors (Lipinski definition) is 1. The highest BCUT2D eigenvalue weighted by Gasteiger charge is 2.24. The molecule has 0 unspecified atom stereocenters. The molecule has 7 heteroatoms. The van der Waals surface area contributed by atoms with Crippen molar-refractivity contribution in [1.82, 2.24) is 5.32 Å². The molecule has 1 aromatic rings. The number of rotatable bonds is 9. The zero-order chi connectivity index (χ0) is 21.2. The summed E-state index contributed by atoms with van der Waals surface area (Å²) in [5.41, 5.74) is 0.634. The van der Waals surface area contributed by atoms with Gasteiger partial charge >= 0.3 is 11.9 Å². The van der Waals surface area contributed by atoms with Crippen LogP contribution in [-0.4, -0.2) is 30.6 Å². The van der Waals surface area contributed by atoms with Crippen molar-refractivity contribution < 1.29 is 23.9 Å². The van der Waals surface area contributed by atoms with Crippen molar-refractivity contribution in [2.24, 2.45) is 5.92 Å². The maximum atomic E-state index is 12.4. The van der Waals surface area contributed by atoms with E-state index in [4.69, 9.17) is 21.1 Å². The second-order valence-electron chi connectivity index (χ2n) is 7.52. The van der Waals surface area contributed by atoms with Gasteiger partial charge in [0.25, 0.3) is 0 Å². The summed E-state index contributed by atoms with van der Waals surface area (Å²) >= 11 is 6.23. The average Bonchev–Trinajstić information content (AvgIpc) is 2.68. The first-order valence-electron chi connectivity index (χ1n) is 10.3. The first-order valence-corrected chi connectivity index (χ1v) is 10.7. The predicted octanol–water partition coefficient (Wildman–Crippen LogP) is 4.35. The van der Waals surface area contributed by atoms with Gasteiger partial charge in [0.05, 0.1) is 25.5 Å². The second kappa shape index (κ2) is 11.8. The van der Waals surface area contributed by atoms with Crippen molar-refractivity contribution in [3.8, 4) is 0 Å². The van der Waals surface area contributed by atoms with Crippen LogP contribution in [0.25, 0.3) is 0 Å². The SMILES string of the molecule is CCOC(=O)C[C@@H](NC(=O)CCC(=O)OC1CCC(C)CC1)c1ccccc1Cl. The van der Waals surface area contributed by atoms with Crippen LogP contribution in [0.5, 0.6) is 0 Å². The monoisotopic (exact) mass is 423 g/mol. The van der Waals surface area contributed by atoms with Gasteiger partial charge in [0.15, 0.2) is 0 Å². The van der Waals surface area contributed by atoms with Gasteiger partial charge < -0.3 is 14.8 Å². The molecule has 0 aromatic heterocycles. The summed E-state index contributed by atoms with van der Waals surface area (Å²) < 4.78 is 10.5. The second-order valence-corrected chi connectivity index (χ2v) is 7.93. The number of ether oxygens (including phenoxy) is 2. The molecule has 160 valence electrons. The van der Waals surface area contributed by atoms with Crippen molar-refractivity contribution in [2.75, 3.05) is 6.61 Å². The fourth-order valence-corrected chi connectivity index (χ4v) is 3.72. The average molecular weight is 424 g/mol. The van der Waals surface area contributed by atoms with E-state index in [0.29, 0.717) is 16.5 Å². The third-order valence-electron chi connectivity index (χ3n) is 5.11. The minimum Gasteiger partial charge on any atom is -0.466 e. The summed E-state index contributed by atoms with van der Waals surface area (Å²) in [6.45, 7) is 4.18. The van der Waals surface area contributed by atoms with Gasteiger partial charge in [-0.15, -0.1) is 0 Å². The summed E-state index contributed by atoms with van der Waals surface area (Å²) in [5.74, 6) is -0.451. The molecule has 0 saturated heterocycles. The molecule has 29 heavy (non-hydrogen) atoms.